The van der Waals surface area contributed by atoms with Crippen LogP contribution in [0.1, 0.15) is 24.0 Å². The van der Waals surface area contributed by atoms with Gasteiger partial charge in [0.15, 0.2) is 11.7 Å². The van der Waals surface area contributed by atoms with Crippen LogP contribution in [0.3, 0.4) is 0 Å². The lowest BCUT2D eigenvalue weighted by molar-refractivity contribution is -0.140. The summed E-state index contributed by atoms with van der Waals surface area (Å²) < 4.78 is 37.2. The number of halogens is 4. The summed E-state index contributed by atoms with van der Waals surface area (Å²) >= 11 is 1.03. The minimum absolute atomic E-state index is 0. The lowest BCUT2D eigenvalue weighted by Gasteiger charge is -2.10. The highest BCUT2D eigenvalue weighted by Crippen LogP contribution is 2.30. The van der Waals surface area contributed by atoms with Gasteiger partial charge < -0.3 is 10.6 Å². The van der Waals surface area contributed by atoms with Crippen LogP contribution in [0, 0.1) is 5.92 Å². The molecule has 9 heteroatoms. The van der Waals surface area contributed by atoms with Crippen molar-refractivity contribution >= 4 is 41.3 Å². The molecule has 0 bridgehead atoms. The molecule has 1 heterocycles. The molecule has 0 radical (unpaired) electrons. The molecule has 2 N–H and O–H groups in total. The van der Waals surface area contributed by atoms with Crippen LogP contribution < -0.4 is 10.6 Å². The number of nitrogens with zero attached hydrogens (tertiary/aromatic N) is 2. The van der Waals surface area contributed by atoms with Gasteiger partial charge in [-0.1, -0.05) is 6.92 Å². The van der Waals surface area contributed by atoms with E-state index in [0.29, 0.717) is 35.9 Å². The van der Waals surface area contributed by atoms with Crippen LogP contribution in [0.15, 0.2) is 10.4 Å². The molecule has 1 aromatic heterocycles. The van der Waals surface area contributed by atoms with E-state index in [4.69, 9.17) is 0 Å². The van der Waals surface area contributed by atoms with Gasteiger partial charge in [-0.25, -0.2) is 4.98 Å². The van der Waals surface area contributed by atoms with Crippen LogP contribution >= 0.6 is 35.3 Å². The van der Waals surface area contributed by atoms with Gasteiger partial charge in [-0.05, 0) is 12.3 Å². The Kier molecular flexibility index (Phi) is 6.70. The molecule has 1 fully saturated rings. The first-order valence-corrected chi connectivity index (χ1v) is 7.27. The van der Waals surface area contributed by atoms with Crippen molar-refractivity contribution in [3.05, 3.63) is 16.1 Å². The highest BCUT2D eigenvalue weighted by Gasteiger charge is 2.34. The smallest absolute Gasteiger partial charge is 0.356 e. The molecule has 4 nitrogen and oxygen atoms in total. The van der Waals surface area contributed by atoms with Crippen molar-refractivity contribution in [1.82, 2.24) is 15.6 Å². The summed E-state index contributed by atoms with van der Waals surface area (Å²) in [5.41, 5.74) is -0.813. The summed E-state index contributed by atoms with van der Waals surface area (Å²) in [5.74, 6) is 1.34. The van der Waals surface area contributed by atoms with Crippen molar-refractivity contribution in [2.45, 2.75) is 32.0 Å². The van der Waals surface area contributed by atoms with E-state index in [1.807, 2.05) is 0 Å². The predicted octanol–water partition coefficient (Wildman–Crippen LogP) is 2.90. The van der Waals surface area contributed by atoms with Gasteiger partial charge in [-0.2, -0.15) is 13.2 Å². The van der Waals surface area contributed by atoms with E-state index in [-0.39, 0.29) is 24.0 Å². The van der Waals surface area contributed by atoms with E-state index in [2.05, 4.69) is 27.5 Å². The lowest BCUT2D eigenvalue weighted by atomic mass is 10.4. The number of hydrogen-bond donors (Lipinski definition) is 2. The third-order valence-electron chi connectivity index (χ3n) is 3.13. The monoisotopic (exact) mass is 434 g/mol. The molecule has 1 aliphatic carbocycles. The van der Waals surface area contributed by atoms with Crippen molar-refractivity contribution in [3.8, 4) is 0 Å². The number of alkyl halides is 3. The highest BCUT2D eigenvalue weighted by atomic mass is 127. The second-order valence-corrected chi connectivity index (χ2v) is 5.78. The summed E-state index contributed by atoms with van der Waals surface area (Å²) in [6.45, 7) is 2.66. The van der Waals surface area contributed by atoms with Crippen molar-refractivity contribution in [1.29, 1.82) is 0 Å². The molecular formula is C12H18F3IN4S. The fourth-order valence-corrected chi connectivity index (χ4v) is 2.54. The Hall–Kier alpha value is -0.580. The van der Waals surface area contributed by atoms with Gasteiger partial charge in [0, 0.05) is 31.4 Å². The molecule has 0 saturated heterocycles. The quantitative estimate of drug-likeness (QED) is 0.436. The van der Waals surface area contributed by atoms with Crippen LogP contribution in [0.5, 0.6) is 0 Å². The zero-order valence-electron chi connectivity index (χ0n) is 11.7. The average Bonchev–Trinajstić information content (AvgIpc) is 2.88. The third-order valence-corrected chi connectivity index (χ3v) is 4.04. The molecule has 2 rings (SSSR count). The zero-order chi connectivity index (χ0) is 14.8. The Morgan fingerprint density at radius 1 is 1.52 bits per heavy atom. The number of guanidine groups is 1. The van der Waals surface area contributed by atoms with E-state index in [1.54, 1.807) is 7.05 Å². The highest BCUT2D eigenvalue weighted by molar-refractivity contribution is 14.0. The van der Waals surface area contributed by atoms with E-state index < -0.39 is 11.9 Å². The predicted molar refractivity (Wildman–Crippen MR) is 88.3 cm³/mol. The van der Waals surface area contributed by atoms with Gasteiger partial charge in [0.2, 0.25) is 0 Å². The lowest BCUT2D eigenvalue weighted by Crippen LogP contribution is -2.39. The molecule has 0 amide bonds. The van der Waals surface area contributed by atoms with Crippen molar-refractivity contribution in [2.24, 2.45) is 10.9 Å². The number of thiazole rings is 1. The summed E-state index contributed by atoms with van der Waals surface area (Å²) in [7, 11) is 1.67. The Labute approximate surface area is 142 Å². The third kappa shape index (κ3) is 5.61. The normalized spacial score (nSPS) is 21.7. The van der Waals surface area contributed by atoms with Crippen molar-refractivity contribution in [3.63, 3.8) is 0 Å². The molecule has 1 saturated carbocycles. The Morgan fingerprint density at radius 3 is 2.67 bits per heavy atom. The molecule has 2 unspecified atom stereocenters. The Bertz CT molecular complexity index is 489. The minimum atomic E-state index is -4.36. The van der Waals surface area contributed by atoms with E-state index in [9.17, 15) is 13.2 Å². The maximum absolute atomic E-state index is 12.4. The fraction of sp³-hybridized carbons (Fsp3) is 0.667. The summed E-state index contributed by atoms with van der Waals surface area (Å²) in [5, 5.41) is 7.85. The van der Waals surface area contributed by atoms with Gasteiger partial charge in [0.25, 0.3) is 0 Å². The van der Waals surface area contributed by atoms with Crippen LogP contribution in [-0.2, 0) is 12.6 Å². The SMILES string of the molecule is CN=C(NCCc1nc(C(F)(F)F)cs1)NC1CC1C.I. The molecule has 1 aromatic rings. The average molecular weight is 434 g/mol. The van der Waals surface area contributed by atoms with Gasteiger partial charge >= 0.3 is 6.18 Å². The van der Waals surface area contributed by atoms with Gasteiger partial charge in [0.05, 0.1) is 5.01 Å². The van der Waals surface area contributed by atoms with E-state index >= 15 is 0 Å². The van der Waals surface area contributed by atoms with Gasteiger partial charge in [0.1, 0.15) is 0 Å². The Morgan fingerprint density at radius 2 is 2.19 bits per heavy atom. The second kappa shape index (κ2) is 7.61. The van der Waals surface area contributed by atoms with Gasteiger partial charge in [-0.15, -0.1) is 35.3 Å². The number of hydrogen-bond acceptors (Lipinski definition) is 3. The van der Waals surface area contributed by atoms with Crippen LogP contribution in [0.4, 0.5) is 13.2 Å². The summed E-state index contributed by atoms with van der Waals surface area (Å²) in [6, 6.07) is 0.456. The minimum Gasteiger partial charge on any atom is -0.356 e. The molecule has 0 aliphatic heterocycles. The molecule has 0 spiro atoms. The summed E-state index contributed by atoms with van der Waals surface area (Å²) in [6.07, 6.45) is -2.79. The van der Waals surface area contributed by atoms with Crippen molar-refractivity contribution in [2.75, 3.05) is 13.6 Å². The zero-order valence-corrected chi connectivity index (χ0v) is 14.8. The number of aliphatic imine (C=N–C) groups is 1. The maximum atomic E-state index is 12.4. The second-order valence-electron chi connectivity index (χ2n) is 4.84. The molecule has 2 atom stereocenters. The number of rotatable bonds is 4. The number of aromatic nitrogens is 1. The van der Waals surface area contributed by atoms with Gasteiger partial charge in [-0.3, -0.25) is 4.99 Å². The fourth-order valence-electron chi connectivity index (χ4n) is 1.74. The molecule has 21 heavy (non-hydrogen) atoms. The summed E-state index contributed by atoms with van der Waals surface area (Å²) in [4.78, 5) is 7.66. The molecule has 1 aliphatic rings. The van der Waals surface area contributed by atoms with Crippen LogP contribution in [0.2, 0.25) is 0 Å². The molecule has 120 valence electrons. The maximum Gasteiger partial charge on any atom is 0.434 e. The van der Waals surface area contributed by atoms with Crippen LogP contribution in [-0.4, -0.2) is 30.6 Å². The van der Waals surface area contributed by atoms with E-state index in [0.717, 1.165) is 23.1 Å². The Balaban J connectivity index is 0.00000220. The van der Waals surface area contributed by atoms with E-state index in [1.165, 1.54) is 0 Å². The number of nitrogens with one attached hydrogen (secondary N) is 2. The first-order valence-electron chi connectivity index (χ1n) is 6.39. The standard InChI is InChI=1S/C12H17F3N4S.HI/c1-7-5-8(7)18-11(16-2)17-4-3-10-19-9(6-20-10)12(13,14)15;/h6-8H,3-5H2,1-2H3,(H2,16,17,18);1H. The van der Waals surface area contributed by atoms with Crippen LogP contribution in [0.25, 0.3) is 0 Å². The van der Waals surface area contributed by atoms with Crippen molar-refractivity contribution < 1.29 is 13.2 Å². The largest absolute Gasteiger partial charge is 0.434 e. The molecule has 0 aromatic carbocycles. The molecular weight excluding hydrogens is 416 g/mol. The first-order chi connectivity index (χ1) is 9.40. The topological polar surface area (TPSA) is 49.3 Å². The first kappa shape index (κ1) is 18.5.